The van der Waals surface area contributed by atoms with E-state index in [9.17, 15) is 5.11 Å². The molecule has 0 radical (unpaired) electrons. The number of aliphatic hydroxyl groups excluding tert-OH is 1. The van der Waals surface area contributed by atoms with Crippen LogP contribution in [0, 0.1) is 6.92 Å². The van der Waals surface area contributed by atoms with E-state index in [0.29, 0.717) is 23.5 Å². The Labute approximate surface area is 94.1 Å². The Hall–Kier alpha value is -0.590. The van der Waals surface area contributed by atoms with Gasteiger partial charge in [-0.3, -0.25) is 5.10 Å². The summed E-state index contributed by atoms with van der Waals surface area (Å²) in [6.45, 7) is 6.57. The molecule has 1 aromatic rings. The number of nitrogens with zero attached hydrogens (tertiary/aromatic N) is 2. The lowest BCUT2D eigenvalue weighted by Gasteiger charge is -2.12. The standard InChI is InChI=1S/C9H18N4OS/c1-6(2)10-4-8(14)5-15-9-11-7(3)12-13-9/h6,8,10,14H,4-5H2,1-3H3,(H,11,12,13). The van der Waals surface area contributed by atoms with Crippen LogP contribution >= 0.6 is 11.8 Å². The molecule has 0 aromatic carbocycles. The summed E-state index contributed by atoms with van der Waals surface area (Å²) in [6, 6.07) is 0.399. The molecule has 5 nitrogen and oxygen atoms in total. The quantitative estimate of drug-likeness (QED) is 0.623. The van der Waals surface area contributed by atoms with E-state index in [4.69, 9.17) is 0 Å². The third-order valence-electron chi connectivity index (χ3n) is 1.74. The maximum Gasteiger partial charge on any atom is 0.208 e. The summed E-state index contributed by atoms with van der Waals surface area (Å²) < 4.78 is 0. The van der Waals surface area contributed by atoms with Gasteiger partial charge in [0.05, 0.1) is 6.10 Å². The lowest BCUT2D eigenvalue weighted by molar-refractivity contribution is 0.192. The molecule has 1 unspecified atom stereocenters. The molecule has 0 saturated carbocycles. The molecule has 1 heterocycles. The van der Waals surface area contributed by atoms with Crippen LogP contribution in [0.4, 0.5) is 0 Å². The highest BCUT2D eigenvalue weighted by Crippen LogP contribution is 2.12. The number of nitrogens with one attached hydrogen (secondary N) is 2. The SMILES string of the molecule is Cc1nc(SCC(O)CNC(C)C)n[nH]1. The van der Waals surface area contributed by atoms with Crippen LogP contribution in [-0.4, -0.2) is 44.7 Å². The van der Waals surface area contributed by atoms with E-state index >= 15 is 0 Å². The van der Waals surface area contributed by atoms with Gasteiger partial charge >= 0.3 is 0 Å². The third kappa shape index (κ3) is 5.15. The number of hydrogen-bond donors (Lipinski definition) is 3. The summed E-state index contributed by atoms with van der Waals surface area (Å²) in [7, 11) is 0. The van der Waals surface area contributed by atoms with Crippen molar-refractivity contribution < 1.29 is 5.11 Å². The largest absolute Gasteiger partial charge is 0.391 e. The molecular weight excluding hydrogens is 212 g/mol. The minimum Gasteiger partial charge on any atom is -0.391 e. The third-order valence-corrected chi connectivity index (χ3v) is 2.74. The van der Waals surface area contributed by atoms with Crippen molar-refractivity contribution in [2.24, 2.45) is 0 Å². The first-order valence-electron chi connectivity index (χ1n) is 5.01. The summed E-state index contributed by atoms with van der Waals surface area (Å²) in [4.78, 5) is 4.14. The molecule has 0 fully saturated rings. The monoisotopic (exact) mass is 230 g/mol. The van der Waals surface area contributed by atoms with E-state index in [0.717, 1.165) is 5.82 Å². The van der Waals surface area contributed by atoms with E-state index in [1.54, 1.807) is 0 Å². The topological polar surface area (TPSA) is 73.8 Å². The molecule has 6 heteroatoms. The van der Waals surface area contributed by atoms with E-state index in [-0.39, 0.29) is 6.10 Å². The van der Waals surface area contributed by atoms with Gasteiger partial charge in [0.1, 0.15) is 5.82 Å². The van der Waals surface area contributed by atoms with Crippen LogP contribution in [0.1, 0.15) is 19.7 Å². The molecule has 1 aromatic heterocycles. The Morgan fingerprint density at radius 3 is 2.80 bits per heavy atom. The van der Waals surface area contributed by atoms with Crippen molar-refractivity contribution in [2.45, 2.75) is 38.1 Å². The van der Waals surface area contributed by atoms with Crippen LogP contribution < -0.4 is 5.32 Å². The summed E-state index contributed by atoms with van der Waals surface area (Å²) in [5.41, 5.74) is 0. The van der Waals surface area contributed by atoms with Gasteiger partial charge in [0.15, 0.2) is 0 Å². The fourth-order valence-electron chi connectivity index (χ4n) is 0.988. The fourth-order valence-corrected chi connectivity index (χ4v) is 1.76. The van der Waals surface area contributed by atoms with Gasteiger partial charge in [-0.25, -0.2) is 4.98 Å². The van der Waals surface area contributed by atoms with Crippen LogP contribution in [-0.2, 0) is 0 Å². The average molecular weight is 230 g/mol. The Morgan fingerprint density at radius 2 is 2.27 bits per heavy atom. The molecule has 0 bridgehead atoms. The summed E-state index contributed by atoms with van der Waals surface area (Å²) in [5, 5.41) is 20.2. The molecule has 1 atom stereocenters. The van der Waals surface area contributed by atoms with Gasteiger partial charge in [-0.05, 0) is 6.92 Å². The van der Waals surface area contributed by atoms with Crippen molar-refractivity contribution in [3.8, 4) is 0 Å². The minimum atomic E-state index is -0.365. The Balaban J connectivity index is 2.19. The van der Waals surface area contributed by atoms with Crippen LogP contribution in [0.15, 0.2) is 5.16 Å². The lowest BCUT2D eigenvalue weighted by Crippen LogP contribution is -2.33. The predicted octanol–water partition coefficient (Wildman–Crippen LogP) is 0.564. The van der Waals surface area contributed by atoms with Gasteiger partial charge < -0.3 is 10.4 Å². The van der Waals surface area contributed by atoms with E-state index in [1.807, 2.05) is 6.92 Å². The summed E-state index contributed by atoms with van der Waals surface area (Å²) in [5.74, 6) is 1.41. The molecule has 1 rings (SSSR count). The maximum atomic E-state index is 9.62. The summed E-state index contributed by atoms with van der Waals surface area (Å²) >= 11 is 1.46. The first kappa shape index (κ1) is 12.5. The van der Waals surface area contributed by atoms with Gasteiger partial charge in [0.25, 0.3) is 0 Å². The van der Waals surface area contributed by atoms with Crippen molar-refractivity contribution in [3.63, 3.8) is 0 Å². The Kier molecular flexibility index (Phi) is 5.07. The molecule has 15 heavy (non-hydrogen) atoms. The molecule has 0 aliphatic carbocycles. The Morgan fingerprint density at radius 1 is 1.53 bits per heavy atom. The second-order valence-corrected chi connectivity index (χ2v) is 4.72. The molecule has 0 saturated heterocycles. The van der Waals surface area contributed by atoms with Gasteiger partial charge in [-0.15, -0.1) is 5.10 Å². The van der Waals surface area contributed by atoms with E-state index < -0.39 is 0 Å². The zero-order valence-corrected chi connectivity index (χ0v) is 10.1. The van der Waals surface area contributed by atoms with Crippen molar-refractivity contribution in [2.75, 3.05) is 12.3 Å². The van der Waals surface area contributed by atoms with Crippen LogP contribution in [0.2, 0.25) is 0 Å². The number of aryl methyl sites for hydroxylation is 1. The number of aromatic nitrogens is 3. The first-order valence-corrected chi connectivity index (χ1v) is 5.99. The van der Waals surface area contributed by atoms with Crippen LogP contribution in [0.25, 0.3) is 0 Å². The summed E-state index contributed by atoms with van der Waals surface area (Å²) in [6.07, 6.45) is -0.365. The van der Waals surface area contributed by atoms with Crippen LogP contribution in [0.5, 0.6) is 0 Å². The predicted molar refractivity (Wildman–Crippen MR) is 61.0 cm³/mol. The number of hydrogen-bond acceptors (Lipinski definition) is 5. The Bertz CT molecular complexity index is 289. The van der Waals surface area contributed by atoms with Crippen LogP contribution in [0.3, 0.4) is 0 Å². The first-order chi connectivity index (χ1) is 7.08. The number of aromatic amines is 1. The van der Waals surface area contributed by atoms with Crippen molar-refractivity contribution >= 4 is 11.8 Å². The molecular formula is C9H18N4OS. The smallest absolute Gasteiger partial charge is 0.208 e. The number of H-pyrrole nitrogens is 1. The molecule has 0 aliphatic rings. The lowest BCUT2D eigenvalue weighted by atomic mass is 10.3. The average Bonchev–Trinajstić information content (AvgIpc) is 2.58. The fraction of sp³-hybridized carbons (Fsp3) is 0.778. The number of aliphatic hydroxyl groups is 1. The zero-order valence-electron chi connectivity index (χ0n) is 9.32. The van der Waals surface area contributed by atoms with Gasteiger partial charge in [0, 0.05) is 18.3 Å². The van der Waals surface area contributed by atoms with Crippen molar-refractivity contribution in [1.82, 2.24) is 20.5 Å². The number of rotatable bonds is 6. The molecule has 3 N–H and O–H groups in total. The van der Waals surface area contributed by atoms with Gasteiger partial charge in [-0.2, -0.15) is 0 Å². The van der Waals surface area contributed by atoms with E-state index in [2.05, 4.69) is 34.3 Å². The number of thioether (sulfide) groups is 1. The van der Waals surface area contributed by atoms with E-state index in [1.165, 1.54) is 11.8 Å². The zero-order chi connectivity index (χ0) is 11.3. The highest BCUT2D eigenvalue weighted by molar-refractivity contribution is 7.99. The molecule has 0 amide bonds. The highest BCUT2D eigenvalue weighted by atomic mass is 32.2. The molecule has 0 aliphatic heterocycles. The second kappa shape index (κ2) is 6.09. The molecule has 0 spiro atoms. The van der Waals surface area contributed by atoms with Crippen molar-refractivity contribution in [3.05, 3.63) is 5.82 Å². The second-order valence-electron chi connectivity index (χ2n) is 3.73. The van der Waals surface area contributed by atoms with Crippen molar-refractivity contribution in [1.29, 1.82) is 0 Å². The van der Waals surface area contributed by atoms with Gasteiger partial charge in [-0.1, -0.05) is 25.6 Å². The molecule has 86 valence electrons. The van der Waals surface area contributed by atoms with Gasteiger partial charge in [0.2, 0.25) is 5.16 Å². The maximum absolute atomic E-state index is 9.62. The minimum absolute atomic E-state index is 0.365. The highest BCUT2D eigenvalue weighted by Gasteiger charge is 2.07. The normalized spacial score (nSPS) is 13.4.